The van der Waals surface area contributed by atoms with Gasteiger partial charge in [-0.1, -0.05) is 30.3 Å². The van der Waals surface area contributed by atoms with Gasteiger partial charge in [-0.05, 0) is 24.2 Å². The minimum absolute atomic E-state index is 0.0807. The first kappa shape index (κ1) is 15.8. The fourth-order valence-electron chi connectivity index (χ4n) is 1.43. The summed E-state index contributed by atoms with van der Waals surface area (Å²) in [7, 11) is 0. The third-order valence-electron chi connectivity index (χ3n) is 2.50. The van der Waals surface area contributed by atoms with E-state index in [1.807, 2.05) is 0 Å². The van der Waals surface area contributed by atoms with Gasteiger partial charge in [0.05, 0.1) is 0 Å². The molecule has 3 N–H and O–H groups in total. The monoisotopic (exact) mass is 292 g/mol. The van der Waals surface area contributed by atoms with Crippen LogP contribution in [0.5, 0.6) is 0 Å². The molecule has 19 heavy (non-hydrogen) atoms. The summed E-state index contributed by atoms with van der Waals surface area (Å²) >= 11 is -0.174. The molecule has 106 valence electrons. The highest BCUT2D eigenvalue weighted by Crippen LogP contribution is 2.29. The van der Waals surface area contributed by atoms with E-state index in [-0.39, 0.29) is 24.1 Å². The van der Waals surface area contributed by atoms with Crippen molar-refractivity contribution in [3.63, 3.8) is 0 Å². The van der Waals surface area contributed by atoms with E-state index in [2.05, 4.69) is 5.32 Å². The van der Waals surface area contributed by atoms with E-state index in [1.165, 1.54) is 6.92 Å². The number of carbonyl (C=O) groups excluding carboxylic acids is 1. The van der Waals surface area contributed by atoms with E-state index >= 15 is 0 Å². The number of carbonyl (C=O) groups is 1. The van der Waals surface area contributed by atoms with Gasteiger partial charge >= 0.3 is 5.51 Å². The van der Waals surface area contributed by atoms with E-state index in [0.29, 0.717) is 5.56 Å². The molecule has 0 heterocycles. The van der Waals surface area contributed by atoms with Crippen LogP contribution in [0.3, 0.4) is 0 Å². The highest BCUT2D eigenvalue weighted by molar-refractivity contribution is 8.00. The van der Waals surface area contributed by atoms with E-state index in [1.54, 1.807) is 30.3 Å². The molecule has 0 aliphatic carbocycles. The molecule has 0 aliphatic heterocycles. The highest BCUT2D eigenvalue weighted by Gasteiger charge is 2.31. The largest absolute Gasteiger partial charge is 0.441 e. The molecular weight excluding hydrogens is 277 g/mol. The Morgan fingerprint density at radius 2 is 1.89 bits per heavy atom. The third kappa shape index (κ3) is 5.12. The van der Waals surface area contributed by atoms with Crippen LogP contribution >= 0.6 is 11.8 Å². The van der Waals surface area contributed by atoms with Crippen LogP contribution in [0, 0.1) is 0 Å². The van der Waals surface area contributed by atoms with Crippen LogP contribution in [0.4, 0.5) is 13.2 Å². The first-order valence-electron chi connectivity index (χ1n) is 5.57. The van der Waals surface area contributed by atoms with Gasteiger partial charge in [0.2, 0.25) is 5.91 Å². The summed E-state index contributed by atoms with van der Waals surface area (Å²) in [6, 6.07) is 8.67. The molecule has 1 atom stereocenters. The number of alkyl halides is 3. The second-order valence-corrected chi connectivity index (χ2v) is 5.28. The lowest BCUT2D eigenvalue weighted by molar-refractivity contribution is -0.126. The fourth-order valence-corrected chi connectivity index (χ4v) is 1.87. The molecule has 0 bridgehead atoms. The van der Waals surface area contributed by atoms with Gasteiger partial charge in [-0.3, -0.25) is 4.79 Å². The Bertz CT molecular complexity index is 421. The molecule has 0 radical (unpaired) electrons. The molecule has 1 aromatic rings. The molecule has 0 aliphatic rings. The smallest absolute Gasteiger partial charge is 0.353 e. The number of benzene rings is 1. The maximum Gasteiger partial charge on any atom is 0.441 e. The van der Waals surface area contributed by atoms with Crippen LogP contribution in [-0.4, -0.2) is 23.7 Å². The van der Waals surface area contributed by atoms with Gasteiger partial charge in [-0.15, -0.1) is 0 Å². The Kier molecular flexibility index (Phi) is 5.25. The molecule has 3 nitrogen and oxygen atoms in total. The summed E-state index contributed by atoms with van der Waals surface area (Å²) in [6.07, 6.45) is 0. The lowest BCUT2D eigenvalue weighted by Gasteiger charge is -2.24. The average molecular weight is 292 g/mol. The van der Waals surface area contributed by atoms with Crippen LogP contribution in [0.2, 0.25) is 0 Å². The molecule has 0 fully saturated rings. The summed E-state index contributed by atoms with van der Waals surface area (Å²) < 4.78 is 35.7. The van der Waals surface area contributed by atoms with E-state index in [4.69, 9.17) is 5.73 Å². The molecule has 1 unspecified atom stereocenters. The van der Waals surface area contributed by atoms with Crippen LogP contribution < -0.4 is 11.1 Å². The molecule has 1 amide bonds. The van der Waals surface area contributed by atoms with E-state index in [0.717, 1.165) is 0 Å². The van der Waals surface area contributed by atoms with Gasteiger partial charge < -0.3 is 11.1 Å². The normalized spacial score (nSPS) is 14.8. The van der Waals surface area contributed by atoms with Gasteiger partial charge in [0, 0.05) is 12.3 Å². The predicted octanol–water partition coefficient (Wildman–Crippen LogP) is 2.23. The average Bonchev–Trinajstić information content (AvgIpc) is 2.34. The quantitative estimate of drug-likeness (QED) is 0.818. The lowest BCUT2D eigenvalue weighted by atomic mass is 9.92. The van der Waals surface area contributed by atoms with Crippen LogP contribution in [-0.2, 0) is 10.3 Å². The van der Waals surface area contributed by atoms with Crippen molar-refractivity contribution in [1.82, 2.24) is 5.32 Å². The van der Waals surface area contributed by atoms with Crippen molar-refractivity contribution in [3.05, 3.63) is 35.9 Å². The Hall–Kier alpha value is -1.21. The molecule has 0 spiro atoms. The van der Waals surface area contributed by atoms with Crippen molar-refractivity contribution in [3.8, 4) is 0 Å². The van der Waals surface area contributed by atoms with Crippen molar-refractivity contribution in [2.75, 3.05) is 12.3 Å². The minimum Gasteiger partial charge on any atom is -0.353 e. The van der Waals surface area contributed by atoms with Gasteiger partial charge in [0.15, 0.2) is 0 Å². The topological polar surface area (TPSA) is 55.1 Å². The number of nitrogens with one attached hydrogen (secondary N) is 1. The number of halogens is 3. The number of amides is 1. The number of rotatable bonds is 5. The Morgan fingerprint density at radius 3 is 2.42 bits per heavy atom. The maximum absolute atomic E-state index is 11.9. The lowest BCUT2D eigenvalue weighted by Crippen LogP contribution is -2.49. The summed E-state index contributed by atoms with van der Waals surface area (Å²) in [4.78, 5) is 11.9. The molecular formula is C12H15F3N2OS. The molecule has 0 saturated heterocycles. The van der Waals surface area contributed by atoms with Crippen molar-refractivity contribution < 1.29 is 18.0 Å². The van der Waals surface area contributed by atoms with Crippen molar-refractivity contribution in [1.29, 1.82) is 0 Å². The maximum atomic E-state index is 11.9. The van der Waals surface area contributed by atoms with Crippen LogP contribution in [0.15, 0.2) is 30.3 Å². The Morgan fingerprint density at radius 1 is 1.32 bits per heavy atom. The molecule has 7 heteroatoms. The van der Waals surface area contributed by atoms with Crippen molar-refractivity contribution >= 4 is 17.7 Å². The highest BCUT2D eigenvalue weighted by atomic mass is 32.2. The van der Waals surface area contributed by atoms with E-state index in [9.17, 15) is 18.0 Å². The first-order valence-corrected chi connectivity index (χ1v) is 6.55. The van der Waals surface area contributed by atoms with E-state index < -0.39 is 17.0 Å². The first-order chi connectivity index (χ1) is 8.73. The van der Waals surface area contributed by atoms with Gasteiger partial charge in [0.1, 0.15) is 5.54 Å². The second kappa shape index (κ2) is 6.29. The minimum atomic E-state index is -4.28. The zero-order chi connectivity index (χ0) is 14.5. The number of hydrogen-bond donors (Lipinski definition) is 2. The molecule has 1 aromatic carbocycles. The Labute approximate surface area is 113 Å². The summed E-state index contributed by atoms with van der Waals surface area (Å²) in [6.45, 7) is 1.44. The zero-order valence-electron chi connectivity index (χ0n) is 10.3. The number of thioether (sulfide) groups is 1. The molecule has 0 saturated carbocycles. The Balaban J connectivity index is 2.49. The van der Waals surface area contributed by atoms with Gasteiger partial charge in [-0.25, -0.2) is 0 Å². The number of nitrogens with two attached hydrogens (primary N) is 1. The fraction of sp³-hybridized carbons (Fsp3) is 0.417. The standard InChI is InChI=1S/C12H15F3N2OS/c1-11(16,9-5-3-2-4-6-9)10(18)17-7-8-19-12(13,14)15/h2-6H,7-8,16H2,1H3,(H,17,18). The van der Waals surface area contributed by atoms with Gasteiger partial charge in [0.25, 0.3) is 0 Å². The van der Waals surface area contributed by atoms with Crippen molar-refractivity contribution in [2.24, 2.45) is 5.73 Å². The van der Waals surface area contributed by atoms with Crippen molar-refractivity contribution in [2.45, 2.75) is 18.0 Å². The molecule has 1 rings (SSSR count). The summed E-state index contributed by atoms with van der Waals surface area (Å²) in [5, 5.41) is 2.41. The van der Waals surface area contributed by atoms with Gasteiger partial charge in [-0.2, -0.15) is 13.2 Å². The second-order valence-electron chi connectivity index (χ2n) is 4.12. The summed E-state index contributed by atoms with van der Waals surface area (Å²) in [5.74, 6) is -0.735. The zero-order valence-corrected chi connectivity index (χ0v) is 11.1. The van der Waals surface area contributed by atoms with Crippen LogP contribution in [0.1, 0.15) is 12.5 Å². The molecule has 0 aromatic heterocycles. The predicted molar refractivity (Wildman–Crippen MR) is 69.5 cm³/mol. The summed E-state index contributed by atoms with van der Waals surface area (Å²) in [5.41, 5.74) is 0.975. The third-order valence-corrected chi connectivity index (χ3v) is 3.23. The SMILES string of the molecule is CC(N)(C(=O)NCCSC(F)(F)F)c1ccccc1. The number of hydrogen-bond acceptors (Lipinski definition) is 3. The van der Waals surface area contributed by atoms with Crippen LogP contribution in [0.25, 0.3) is 0 Å².